The van der Waals surface area contributed by atoms with Crippen molar-refractivity contribution in [3.63, 3.8) is 0 Å². The van der Waals surface area contributed by atoms with Gasteiger partial charge < -0.3 is 19.9 Å². The minimum Gasteiger partial charge on any atom is -0.503 e. The number of benzene rings is 1. The Hall–Kier alpha value is -3.50. The number of hydrogen-bond acceptors (Lipinski definition) is 6. The molecule has 2 amide bonds. The molecule has 2 atom stereocenters. The van der Waals surface area contributed by atoms with Crippen molar-refractivity contribution in [2.75, 3.05) is 13.2 Å². The Morgan fingerprint density at radius 2 is 2.00 bits per heavy atom. The number of aromatic hydroxyl groups is 1. The van der Waals surface area contributed by atoms with Gasteiger partial charge >= 0.3 is 0 Å². The maximum absolute atomic E-state index is 13.2. The maximum atomic E-state index is 13.2. The minimum atomic E-state index is -0.894. The van der Waals surface area contributed by atoms with E-state index in [0.29, 0.717) is 18.8 Å². The molecule has 5 rings (SSSR count). The van der Waals surface area contributed by atoms with E-state index >= 15 is 0 Å². The van der Waals surface area contributed by atoms with Crippen LogP contribution in [0.4, 0.5) is 4.39 Å². The predicted octanol–water partition coefficient (Wildman–Crippen LogP) is 1.93. The Bertz CT molecular complexity index is 1290. The lowest BCUT2D eigenvalue weighted by Gasteiger charge is -2.45. The number of thiophene rings is 1. The second-order valence-corrected chi connectivity index (χ2v) is 9.36. The number of nitrogens with zero attached hydrogens (tertiary/aromatic N) is 2. The molecular weight excluding hydrogens is 459 g/mol. The first-order chi connectivity index (χ1) is 16.4. The second-order valence-electron chi connectivity index (χ2n) is 8.58. The van der Waals surface area contributed by atoms with Crippen LogP contribution in [0.15, 0.2) is 52.1 Å². The molecule has 176 valence electrons. The largest absolute Gasteiger partial charge is 0.503 e. The van der Waals surface area contributed by atoms with Crippen molar-refractivity contribution < 1.29 is 19.1 Å². The SMILES string of the molecule is O=C(NCc1ccc(F)cc1)c1cn2c(c(O)c1=O)C(=O)N1CNCC(Cc3ccsc3)C1C2. The van der Waals surface area contributed by atoms with Crippen molar-refractivity contribution >= 4 is 23.2 Å². The van der Waals surface area contributed by atoms with E-state index in [2.05, 4.69) is 22.1 Å². The van der Waals surface area contributed by atoms with E-state index in [4.69, 9.17) is 0 Å². The summed E-state index contributed by atoms with van der Waals surface area (Å²) in [7, 11) is 0. The van der Waals surface area contributed by atoms with Gasteiger partial charge in [0.1, 0.15) is 11.4 Å². The highest BCUT2D eigenvalue weighted by atomic mass is 32.1. The van der Waals surface area contributed by atoms with Crippen molar-refractivity contribution in [2.45, 2.75) is 25.6 Å². The number of amides is 2. The van der Waals surface area contributed by atoms with E-state index in [-0.39, 0.29) is 35.6 Å². The van der Waals surface area contributed by atoms with Gasteiger partial charge in [-0.05, 0) is 52.4 Å². The van der Waals surface area contributed by atoms with E-state index in [1.165, 1.54) is 40.6 Å². The summed E-state index contributed by atoms with van der Waals surface area (Å²) in [6.45, 7) is 1.52. The van der Waals surface area contributed by atoms with Crippen molar-refractivity contribution in [2.24, 2.45) is 5.92 Å². The molecule has 3 aromatic rings. The number of nitrogens with one attached hydrogen (secondary N) is 2. The highest BCUT2D eigenvalue weighted by Gasteiger charge is 2.41. The molecule has 0 bridgehead atoms. The van der Waals surface area contributed by atoms with Crippen LogP contribution in [0.3, 0.4) is 0 Å². The summed E-state index contributed by atoms with van der Waals surface area (Å²) in [5.74, 6) is -2.08. The lowest BCUT2D eigenvalue weighted by molar-refractivity contribution is 0.0337. The van der Waals surface area contributed by atoms with Gasteiger partial charge in [-0.3, -0.25) is 19.7 Å². The van der Waals surface area contributed by atoms with Crippen LogP contribution in [0.1, 0.15) is 32.0 Å². The molecule has 2 aromatic heterocycles. The zero-order valence-electron chi connectivity index (χ0n) is 18.2. The third-order valence-corrected chi connectivity index (χ3v) is 7.16. The monoisotopic (exact) mass is 482 g/mol. The molecule has 3 N–H and O–H groups in total. The fourth-order valence-electron chi connectivity index (χ4n) is 4.67. The lowest BCUT2D eigenvalue weighted by Crippen LogP contribution is -2.61. The van der Waals surface area contributed by atoms with Crippen LogP contribution >= 0.6 is 11.3 Å². The zero-order valence-corrected chi connectivity index (χ0v) is 19.0. The van der Waals surface area contributed by atoms with Crippen LogP contribution in [-0.4, -0.2) is 45.6 Å². The number of pyridine rings is 1. The normalized spacial score (nSPS) is 19.4. The summed E-state index contributed by atoms with van der Waals surface area (Å²) in [6.07, 6.45) is 2.15. The molecule has 34 heavy (non-hydrogen) atoms. The maximum Gasteiger partial charge on any atom is 0.275 e. The Morgan fingerprint density at radius 1 is 1.21 bits per heavy atom. The highest BCUT2D eigenvalue weighted by molar-refractivity contribution is 7.07. The molecule has 10 heteroatoms. The third kappa shape index (κ3) is 4.10. The molecule has 2 unspecified atom stereocenters. The first-order valence-corrected chi connectivity index (χ1v) is 11.9. The van der Waals surface area contributed by atoms with Crippen molar-refractivity contribution in [1.82, 2.24) is 20.1 Å². The fraction of sp³-hybridized carbons (Fsp3) is 0.292. The molecule has 0 radical (unpaired) electrons. The minimum absolute atomic E-state index is 0.0881. The Labute approximate surface area is 198 Å². The number of hydrogen-bond donors (Lipinski definition) is 3. The molecule has 0 aliphatic carbocycles. The van der Waals surface area contributed by atoms with E-state index in [1.807, 2.05) is 5.38 Å². The molecule has 1 saturated heterocycles. The first kappa shape index (κ1) is 22.3. The molecule has 8 nitrogen and oxygen atoms in total. The number of carbonyl (C=O) groups excluding carboxylic acids is 2. The first-order valence-electron chi connectivity index (χ1n) is 10.9. The average molecular weight is 483 g/mol. The quantitative estimate of drug-likeness (QED) is 0.516. The second kappa shape index (κ2) is 9.03. The van der Waals surface area contributed by atoms with Crippen molar-refractivity contribution in [1.29, 1.82) is 0 Å². The molecular formula is C24H23FN4O4S. The van der Waals surface area contributed by atoms with Gasteiger partial charge in [-0.1, -0.05) is 12.1 Å². The van der Waals surface area contributed by atoms with Crippen LogP contribution in [0.5, 0.6) is 5.75 Å². The molecule has 2 aliphatic rings. The average Bonchev–Trinajstić information content (AvgIpc) is 3.34. The van der Waals surface area contributed by atoms with Crippen LogP contribution < -0.4 is 16.1 Å². The van der Waals surface area contributed by atoms with Crippen molar-refractivity contribution in [3.8, 4) is 5.75 Å². The molecule has 4 heterocycles. The molecule has 0 saturated carbocycles. The Morgan fingerprint density at radius 3 is 2.74 bits per heavy atom. The predicted molar refractivity (Wildman–Crippen MR) is 124 cm³/mol. The van der Waals surface area contributed by atoms with Gasteiger partial charge in [0.25, 0.3) is 11.8 Å². The summed E-state index contributed by atoms with van der Waals surface area (Å²) >= 11 is 1.62. The third-order valence-electron chi connectivity index (χ3n) is 6.43. The van der Waals surface area contributed by atoms with Gasteiger partial charge in [-0.25, -0.2) is 4.39 Å². The number of rotatable bonds is 5. The Kier molecular flexibility index (Phi) is 5.93. The summed E-state index contributed by atoms with van der Waals surface area (Å²) in [4.78, 5) is 40.4. The van der Waals surface area contributed by atoms with E-state index in [0.717, 1.165) is 13.0 Å². The number of aromatic nitrogens is 1. The number of carbonyl (C=O) groups is 2. The lowest BCUT2D eigenvalue weighted by atomic mass is 9.88. The molecule has 0 spiro atoms. The van der Waals surface area contributed by atoms with E-state index in [1.54, 1.807) is 16.2 Å². The van der Waals surface area contributed by atoms with E-state index in [9.17, 15) is 23.9 Å². The topological polar surface area (TPSA) is 104 Å². The van der Waals surface area contributed by atoms with Gasteiger partial charge in [0.2, 0.25) is 5.43 Å². The van der Waals surface area contributed by atoms with Gasteiger partial charge in [0, 0.05) is 25.8 Å². The highest BCUT2D eigenvalue weighted by Crippen LogP contribution is 2.30. The number of fused-ring (bicyclic) bond motifs is 2. The standard InChI is InChI=1S/C24H23FN4O4S/c25-17-3-1-14(2-4-17)8-27-23(32)18-10-28-11-19-16(7-15-5-6-34-12-15)9-26-13-29(19)24(33)20(28)22(31)21(18)30/h1-6,10,12,16,19,26,31H,7-9,11,13H2,(H,27,32). The Balaban J connectivity index is 1.42. The molecule has 1 aromatic carbocycles. The van der Waals surface area contributed by atoms with Gasteiger partial charge in [0.15, 0.2) is 11.4 Å². The molecule has 2 aliphatic heterocycles. The number of halogens is 1. The summed E-state index contributed by atoms with van der Waals surface area (Å²) in [5.41, 5.74) is 0.617. The summed E-state index contributed by atoms with van der Waals surface area (Å²) in [5, 5.41) is 20.6. The van der Waals surface area contributed by atoms with Crippen LogP contribution in [0.2, 0.25) is 0 Å². The van der Waals surface area contributed by atoms with Crippen LogP contribution in [0, 0.1) is 11.7 Å². The molecule has 1 fully saturated rings. The van der Waals surface area contributed by atoms with Crippen molar-refractivity contribution in [3.05, 3.63) is 85.7 Å². The zero-order chi connectivity index (χ0) is 23.8. The van der Waals surface area contributed by atoms with Crippen LogP contribution in [0.25, 0.3) is 0 Å². The summed E-state index contributed by atoms with van der Waals surface area (Å²) in [6, 6.07) is 7.55. The smallest absolute Gasteiger partial charge is 0.275 e. The van der Waals surface area contributed by atoms with Gasteiger partial charge in [0.05, 0.1) is 12.7 Å². The van der Waals surface area contributed by atoms with E-state index < -0.39 is 23.0 Å². The summed E-state index contributed by atoms with van der Waals surface area (Å²) < 4.78 is 14.6. The fourth-order valence-corrected chi connectivity index (χ4v) is 5.35. The van der Waals surface area contributed by atoms with Crippen LogP contribution in [-0.2, 0) is 19.5 Å². The van der Waals surface area contributed by atoms with Gasteiger partial charge in [-0.2, -0.15) is 11.3 Å². The van der Waals surface area contributed by atoms with Gasteiger partial charge in [-0.15, -0.1) is 0 Å².